The number of nitrogens with one attached hydrogen (secondary N) is 1. The molecule has 14 heavy (non-hydrogen) atoms. The summed E-state index contributed by atoms with van der Waals surface area (Å²) in [6.45, 7) is 1.09. The van der Waals surface area contributed by atoms with Crippen LogP contribution in [0.5, 0.6) is 5.75 Å². The summed E-state index contributed by atoms with van der Waals surface area (Å²) in [6, 6.07) is 6.22. The van der Waals surface area contributed by atoms with E-state index < -0.39 is 0 Å². The summed E-state index contributed by atoms with van der Waals surface area (Å²) in [5.74, 6) is 0.929. The van der Waals surface area contributed by atoms with Crippen LogP contribution in [0.15, 0.2) is 18.2 Å². The van der Waals surface area contributed by atoms with Gasteiger partial charge < -0.3 is 15.8 Å². The summed E-state index contributed by atoms with van der Waals surface area (Å²) in [5.41, 5.74) is 7.75. The van der Waals surface area contributed by atoms with E-state index in [1.165, 1.54) is 18.4 Å². The standard InChI is InChI=1S/C11H16N2O/c1-14-11-5-4-8(12)7-9(11)10-3-2-6-13-10/h4-5,7,10,13H,2-3,6,12H2,1H3/t10-/m0/s1. The van der Waals surface area contributed by atoms with E-state index in [-0.39, 0.29) is 0 Å². The van der Waals surface area contributed by atoms with Gasteiger partial charge in [-0.15, -0.1) is 0 Å². The van der Waals surface area contributed by atoms with Crippen molar-refractivity contribution in [1.29, 1.82) is 0 Å². The van der Waals surface area contributed by atoms with Crippen LogP contribution in [0.1, 0.15) is 24.4 Å². The molecular weight excluding hydrogens is 176 g/mol. The van der Waals surface area contributed by atoms with Gasteiger partial charge in [-0.25, -0.2) is 0 Å². The topological polar surface area (TPSA) is 47.3 Å². The number of benzene rings is 1. The van der Waals surface area contributed by atoms with Crippen LogP contribution in [0.2, 0.25) is 0 Å². The van der Waals surface area contributed by atoms with Crippen molar-refractivity contribution in [3.8, 4) is 5.75 Å². The van der Waals surface area contributed by atoms with Gasteiger partial charge in [-0.1, -0.05) is 0 Å². The zero-order valence-electron chi connectivity index (χ0n) is 8.42. The van der Waals surface area contributed by atoms with Gasteiger partial charge >= 0.3 is 0 Å². The Hall–Kier alpha value is -1.22. The molecule has 1 heterocycles. The largest absolute Gasteiger partial charge is 0.496 e. The molecule has 1 fully saturated rings. The first-order chi connectivity index (χ1) is 6.81. The molecule has 0 amide bonds. The summed E-state index contributed by atoms with van der Waals surface area (Å²) in [5, 5.41) is 3.44. The zero-order valence-corrected chi connectivity index (χ0v) is 8.42. The van der Waals surface area contributed by atoms with Crippen LogP contribution in [0.3, 0.4) is 0 Å². The van der Waals surface area contributed by atoms with Crippen molar-refractivity contribution in [1.82, 2.24) is 5.32 Å². The summed E-state index contributed by atoms with van der Waals surface area (Å²) < 4.78 is 5.32. The second-order valence-electron chi connectivity index (χ2n) is 3.65. The van der Waals surface area contributed by atoms with Gasteiger partial charge in [0.25, 0.3) is 0 Å². The highest BCUT2D eigenvalue weighted by Crippen LogP contribution is 2.32. The van der Waals surface area contributed by atoms with Crippen molar-refractivity contribution in [2.45, 2.75) is 18.9 Å². The van der Waals surface area contributed by atoms with Crippen LogP contribution in [-0.4, -0.2) is 13.7 Å². The maximum Gasteiger partial charge on any atom is 0.123 e. The van der Waals surface area contributed by atoms with Crippen molar-refractivity contribution in [2.75, 3.05) is 19.4 Å². The molecule has 76 valence electrons. The zero-order chi connectivity index (χ0) is 9.97. The molecule has 0 aliphatic carbocycles. The predicted octanol–water partition coefficient (Wildman–Crippen LogP) is 1.70. The summed E-state index contributed by atoms with van der Waals surface area (Å²) in [6.07, 6.45) is 2.39. The van der Waals surface area contributed by atoms with Crippen LogP contribution in [0.25, 0.3) is 0 Å². The molecule has 1 aliphatic heterocycles. The maximum absolute atomic E-state index is 5.77. The average molecular weight is 192 g/mol. The summed E-state index contributed by atoms with van der Waals surface area (Å²) in [4.78, 5) is 0. The van der Waals surface area contributed by atoms with E-state index in [0.29, 0.717) is 6.04 Å². The highest BCUT2D eigenvalue weighted by molar-refractivity contribution is 5.49. The lowest BCUT2D eigenvalue weighted by Gasteiger charge is -2.15. The molecule has 1 aromatic rings. The van der Waals surface area contributed by atoms with Gasteiger partial charge in [0.1, 0.15) is 5.75 Å². The Balaban J connectivity index is 2.33. The molecule has 3 heteroatoms. The van der Waals surface area contributed by atoms with E-state index in [1.54, 1.807) is 7.11 Å². The lowest BCUT2D eigenvalue weighted by atomic mass is 10.0. The lowest BCUT2D eigenvalue weighted by molar-refractivity contribution is 0.403. The molecular formula is C11H16N2O. The van der Waals surface area contributed by atoms with Crippen LogP contribution in [-0.2, 0) is 0 Å². The summed E-state index contributed by atoms with van der Waals surface area (Å²) in [7, 11) is 1.70. The van der Waals surface area contributed by atoms with Crippen molar-refractivity contribution >= 4 is 5.69 Å². The highest BCUT2D eigenvalue weighted by atomic mass is 16.5. The van der Waals surface area contributed by atoms with E-state index in [0.717, 1.165) is 18.0 Å². The van der Waals surface area contributed by atoms with E-state index >= 15 is 0 Å². The molecule has 0 radical (unpaired) electrons. The van der Waals surface area contributed by atoms with Gasteiger partial charge in [0.05, 0.1) is 7.11 Å². The third-order valence-electron chi connectivity index (χ3n) is 2.69. The van der Waals surface area contributed by atoms with E-state index in [1.807, 2.05) is 18.2 Å². The Bertz CT molecular complexity index is 319. The van der Waals surface area contributed by atoms with E-state index in [2.05, 4.69) is 5.32 Å². The third kappa shape index (κ3) is 1.68. The van der Waals surface area contributed by atoms with E-state index in [9.17, 15) is 0 Å². The van der Waals surface area contributed by atoms with Crippen molar-refractivity contribution < 1.29 is 4.74 Å². The minimum atomic E-state index is 0.411. The van der Waals surface area contributed by atoms with Crippen molar-refractivity contribution in [2.24, 2.45) is 0 Å². The molecule has 0 saturated carbocycles. The molecule has 1 aliphatic rings. The Morgan fingerprint density at radius 3 is 3.00 bits per heavy atom. The molecule has 1 saturated heterocycles. The minimum absolute atomic E-state index is 0.411. The Labute approximate surface area is 84.3 Å². The van der Waals surface area contributed by atoms with Gasteiger partial charge in [0.2, 0.25) is 0 Å². The Morgan fingerprint density at radius 2 is 2.36 bits per heavy atom. The molecule has 3 N–H and O–H groups in total. The monoisotopic (exact) mass is 192 g/mol. The van der Waals surface area contributed by atoms with Crippen LogP contribution in [0.4, 0.5) is 5.69 Å². The fourth-order valence-electron chi connectivity index (χ4n) is 1.98. The molecule has 3 nitrogen and oxygen atoms in total. The fraction of sp³-hybridized carbons (Fsp3) is 0.455. The van der Waals surface area contributed by atoms with Gasteiger partial charge in [0.15, 0.2) is 0 Å². The molecule has 1 atom stereocenters. The van der Waals surface area contributed by atoms with Crippen LogP contribution >= 0.6 is 0 Å². The summed E-state index contributed by atoms with van der Waals surface area (Å²) >= 11 is 0. The fourth-order valence-corrected chi connectivity index (χ4v) is 1.98. The first-order valence-electron chi connectivity index (χ1n) is 4.98. The maximum atomic E-state index is 5.77. The second-order valence-corrected chi connectivity index (χ2v) is 3.65. The minimum Gasteiger partial charge on any atom is -0.496 e. The number of rotatable bonds is 2. The lowest BCUT2D eigenvalue weighted by Crippen LogP contribution is -2.14. The van der Waals surface area contributed by atoms with Gasteiger partial charge in [-0.3, -0.25) is 0 Å². The predicted molar refractivity (Wildman–Crippen MR) is 57.4 cm³/mol. The smallest absolute Gasteiger partial charge is 0.123 e. The number of hydrogen-bond acceptors (Lipinski definition) is 3. The molecule has 0 spiro atoms. The number of methoxy groups -OCH3 is 1. The molecule has 1 aromatic carbocycles. The van der Waals surface area contributed by atoms with Gasteiger partial charge in [-0.05, 0) is 37.6 Å². The first-order valence-corrected chi connectivity index (χ1v) is 4.98. The van der Waals surface area contributed by atoms with Crippen molar-refractivity contribution in [3.63, 3.8) is 0 Å². The van der Waals surface area contributed by atoms with E-state index in [4.69, 9.17) is 10.5 Å². The highest BCUT2D eigenvalue weighted by Gasteiger charge is 2.19. The third-order valence-corrected chi connectivity index (χ3v) is 2.69. The molecule has 0 bridgehead atoms. The first kappa shape index (κ1) is 9.34. The van der Waals surface area contributed by atoms with Crippen LogP contribution < -0.4 is 15.8 Å². The second kappa shape index (κ2) is 3.88. The quantitative estimate of drug-likeness (QED) is 0.701. The number of hydrogen-bond donors (Lipinski definition) is 2. The van der Waals surface area contributed by atoms with Gasteiger partial charge in [-0.2, -0.15) is 0 Å². The normalized spacial score (nSPS) is 21.1. The Morgan fingerprint density at radius 1 is 1.50 bits per heavy atom. The van der Waals surface area contributed by atoms with Gasteiger partial charge in [0, 0.05) is 17.3 Å². The molecule has 2 rings (SSSR count). The molecule has 0 aromatic heterocycles. The number of nitrogens with two attached hydrogens (primary N) is 1. The number of anilines is 1. The Kier molecular flexibility index (Phi) is 2.59. The van der Waals surface area contributed by atoms with Crippen LogP contribution in [0, 0.1) is 0 Å². The SMILES string of the molecule is COc1ccc(N)cc1[C@@H]1CCCN1. The average Bonchev–Trinajstić information content (AvgIpc) is 2.70. The van der Waals surface area contributed by atoms with Crippen molar-refractivity contribution in [3.05, 3.63) is 23.8 Å². The number of ether oxygens (including phenoxy) is 1. The number of nitrogen functional groups attached to an aromatic ring is 1. The molecule has 0 unspecified atom stereocenters.